The molecule has 1 atom stereocenters. The third kappa shape index (κ3) is 3.86. The van der Waals surface area contributed by atoms with Gasteiger partial charge in [0.2, 0.25) is 11.7 Å². The lowest BCUT2D eigenvalue weighted by molar-refractivity contribution is 0.227. The van der Waals surface area contributed by atoms with Crippen molar-refractivity contribution in [2.24, 2.45) is 0 Å². The van der Waals surface area contributed by atoms with E-state index in [1.807, 2.05) is 18.2 Å². The Hall–Kier alpha value is -1.79. The summed E-state index contributed by atoms with van der Waals surface area (Å²) in [7, 11) is 2.08. The van der Waals surface area contributed by atoms with Gasteiger partial charge in [-0.3, -0.25) is 9.88 Å². The maximum Gasteiger partial charge on any atom is 0.241 e. The number of hydrogen-bond acceptors (Lipinski definition) is 6. The molecule has 0 aromatic carbocycles. The lowest BCUT2D eigenvalue weighted by Gasteiger charge is -2.27. The second-order valence-electron chi connectivity index (χ2n) is 5.57. The molecule has 0 bridgehead atoms. The van der Waals surface area contributed by atoms with Crippen LogP contribution in [-0.2, 0) is 6.54 Å². The van der Waals surface area contributed by atoms with E-state index in [-0.39, 0.29) is 0 Å². The lowest BCUT2D eigenvalue weighted by Crippen LogP contribution is -2.42. The van der Waals surface area contributed by atoms with Gasteiger partial charge in [-0.05, 0) is 38.6 Å². The van der Waals surface area contributed by atoms with Crippen molar-refractivity contribution in [3.63, 3.8) is 0 Å². The molecule has 0 aliphatic carbocycles. The summed E-state index contributed by atoms with van der Waals surface area (Å²) in [6, 6.07) is 6.24. The summed E-state index contributed by atoms with van der Waals surface area (Å²) < 4.78 is 5.32. The first-order chi connectivity index (χ1) is 10.3. The largest absolute Gasteiger partial charge is 0.337 e. The number of nitrogens with zero attached hydrogens (tertiary/aromatic N) is 4. The van der Waals surface area contributed by atoms with Crippen LogP contribution in [0.15, 0.2) is 28.9 Å². The fourth-order valence-electron chi connectivity index (χ4n) is 2.67. The van der Waals surface area contributed by atoms with E-state index in [9.17, 15) is 0 Å². The molecule has 1 fully saturated rings. The zero-order valence-electron chi connectivity index (χ0n) is 12.3. The Balaban J connectivity index is 1.56. The second kappa shape index (κ2) is 6.78. The summed E-state index contributed by atoms with van der Waals surface area (Å²) in [6.45, 7) is 2.79. The summed E-state index contributed by atoms with van der Waals surface area (Å²) in [6.07, 6.45) is 5.58. The molecule has 0 spiro atoms. The minimum absolute atomic E-state index is 0.551. The fraction of sp³-hybridized carbons (Fsp3) is 0.533. The van der Waals surface area contributed by atoms with Crippen LogP contribution >= 0.6 is 0 Å². The van der Waals surface area contributed by atoms with Gasteiger partial charge in [-0.15, -0.1) is 0 Å². The molecule has 2 aromatic rings. The first-order valence-electron chi connectivity index (χ1n) is 7.47. The van der Waals surface area contributed by atoms with E-state index in [4.69, 9.17) is 4.52 Å². The molecule has 21 heavy (non-hydrogen) atoms. The first kappa shape index (κ1) is 14.2. The summed E-state index contributed by atoms with van der Waals surface area (Å²) in [5.41, 5.74) is 0.740. The molecule has 6 heteroatoms. The molecule has 1 saturated heterocycles. The van der Waals surface area contributed by atoms with Gasteiger partial charge in [0.1, 0.15) is 5.69 Å². The number of aromatic nitrogens is 3. The Kier molecular flexibility index (Phi) is 4.57. The van der Waals surface area contributed by atoms with Crippen LogP contribution in [0.25, 0.3) is 11.5 Å². The van der Waals surface area contributed by atoms with Crippen molar-refractivity contribution < 1.29 is 4.52 Å². The van der Waals surface area contributed by atoms with Gasteiger partial charge in [0, 0.05) is 18.8 Å². The van der Waals surface area contributed by atoms with Crippen LogP contribution in [0.2, 0.25) is 0 Å². The Bertz CT molecular complexity index is 550. The van der Waals surface area contributed by atoms with Gasteiger partial charge in [0.25, 0.3) is 0 Å². The minimum Gasteiger partial charge on any atom is -0.337 e. The molecule has 1 unspecified atom stereocenters. The average Bonchev–Trinajstić information content (AvgIpc) is 2.97. The third-order valence-corrected chi connectivity index (χ3v) is 3.71. The summed E-state index contributed by atoms with van der Waals surface area (Å²) in [5.74, 6) is 1.18. The smallest absolute Gasteiger partial charge is 0.241 e. The van der Waals surface area contributed by atoms with Crippen LogP contribution in [-0.4, -0.2) is 46.2 Å². The zero-order chi connectivity index (χ0) is 14.5. The van der Waals surface area contributed by atoms with Gasteiger partial charge in [0.15, 0.2) is 0 Å². The van der Waals surface area contributed by atoms with Gasteiger partial charge >= 0.3 is 0 Å². The maximum atomic E-state index is 5.32. The van der Waals surface area contributed by atoms with Crippen molar-refractivity contribution >= 4 is 0 Å². The highest BCUT2D eigenvalue weighted by molar-refractivity contribution is 5.46. The van der Waals surface area contributed by atoms with E-state index in [1.54, 1.807) is 6.20 Å². The predicted molar refractivity (Wildman–Crippen MR) is 79.5 cm³/mol. The van der Waals surface area contributed by atoms with E-state index < -0.39 is 0 Å². The molecule has 0 amide bonds. The van der Waals surface area contributed by atoms with Gasteiger partial charge in [0.05, 0.1) is 6.54 Å². The van der Waals surface area contributed by atoms with E-state index in [0.29, 0.717) is 24.3 Å². The fourth-order valence-corrected chi connectivity index (χ4v) is 2.67. The monoisotopic (exact) mass is 287 g/mol. The Morgan fingerprint density at radius 2 is 2.33 bits per heavy atom. The van der Waals surface area contributed by atoms with E-state index in [0.717, 1.165) is 18.8 Å². The molecule has 1 N–H and O–H groups in total. The summed E-state index contributed by atoms with van der Waals surface area (Å²) in [4.78, 5) is 10.9. The van der Waals surface area contributed by atoms with Crippen molar-refractivity contribution in [3.05, 3.63) is 30.3 Å². The van der Waals surface area contributed by atoms with Crippen LogP contribution < -0.4 is 5.32 Å². The number of nitrogens with one attached hydrogen (secondary N) is 1. The molecule has 3 heterocycles. The predicted octanol–water partition coefficient (Wildman–Crippen LogP) is 1.71. The van der Waals surface area contributed by atoms with E-state index in [1.165, 1.54) is 19.3 Å². The van der Waals surface area contributed by atoms with Crippen LogP contribution in [0.3, 0.4) is 0 Å². The number of rotatable bonds is 5. The average molecular weight is 287 g/mol. The summed E-state index contributed by atoms with van der Waals surface area (Å²) >= 11 is 0. The minimum atomic E-state index is 0.551. The number of hydrogen-bond donors (Lipinski definition) is 1. The molecule has 6 nitrogen and oxygen atoms in total. The Morgan fingerprint density at radius 3 is 3.10 bits per heavy atom. The highest BCUT2D eigenvalue weighted by Gasteiger charge is 2.16. The maximum absolute atomic E-state index is 5.32. The second-order valence-corrected chi connectivity index (χ2v) is 5.57. The first-order valence-corrected chi connectivity index (χ1v) is 7.47. The van der Waals surface area contributed by atoms with Crippen LogP contribution in [0.1, 0.15) is 25.2 Å². The van der Waals surface area contributed by atoms with E-state index in [2.05, 4.69) is 32.4 Å². The number of pyridine rings is 1. The molecule has 0 radical (unpaired) electrons. The molecule has 1 aliphatic heterocycles. The SMILES string of the molecule is CN(Cc1nc(-c2ccccn2)no1)CC1CCCCN1. The quantitative estimate of drug-likeness (QED) is 0.903. The van der Waals surface area contributed by atoms with Gasteiger partial charge in [-0.25, -0.2) is 0 Å². The van der Waals surface area contributed by atoms with E-state index >= 15 is 0 Å². The molecule has 1 aliphatic rings. The molecule has 112 valence electrons. The standard InChI is InChI=1S/C15H21N5O/c1-20(10-12-6-2-4-8-16-12)11-14-18-15(19-21-14)13-7-3-5-9-17-13/h3,5,7,9,12,16H,2,4,6,8,10-11H2,1H3. The molecular weight excluding hydrogens is 266 g/mol. The van der Waals surface area contributed by atoms with Gasteiger partial charge in [-0.1, -0.05) is 17.6 Å². The normalized spacial score (nSPS) is 19.0. The Labute approximate surface area is 124 Å². The molecule has 2 aromatic heterocycles. The zero-order valence-corrected chi connectivity index (χ0v) is 12.3. The van der Waals surface area contributed by atoms with Crippen LogP contribution in [0, 0.1) is 0 Å². The highest BCUT2D eigenvalue weighted by atomic mass is 16.5. The third-order valence-electron chi connectivity index (χ3n) is 3.71. The molecule has 0 saturated carbocycles. The van der Waals surface area contributed by atoms with Crippen LogP contribution in [0.5, 0.6) is 0 Å². The molecule has 3 rings (SSSR count). The number of piperidine rings is 1. The van der Waals surface area contributed by atoms with Gasteiger partial charge in [-0.2, -0.15) is 4.98 Å². The molecular formula is C15H21N5O. The highest BCUT2D eigenvalue weighted by Crippen LogP contribution is 2.13. The Morgan fingerprint density at radius 1 is 1.38 bits per heavy atom. The summed E-state index contributed by atoms with van der Waals surface area (Å²) in [5, 5.41) is 7.54. The topological polar surface area (TPSA) is 67.1 Å². The van der Waals surface area contributed by atoms with Crippen molar-refractivity contribution in [3.8, 4) is 11.5 Å². The van der Waals surface area contributed by atoms with Crippen molar-refractivity contribution in [1.82, 2.24) is 25.3 Å². The van der Waals surface area contributed by atoms with Crippen LogP contribution in [0.4, 0.5) is 0 Å². The van der Waals surface area contributed by atoms with Crippen molar-refractivity contribution in [2.45, 2.75) is 31.8 Å². The van der Waals surface area contributed by atoms with Gasteiger partial charge < -0.3 is 9.84 Å². The van der Waals surface area contributed by atoms with Crippen molar-refractivity contribution in [2.75, 3.05) is 20.1 Å². The van der Waals surface area contributed by atoms with Crippen molar-refractivity contribution in [1.29, 1.82) is 0 Å². The lowest BCUT2D eigenvalue weighted by atomic mass is 10.0. The number of likely N-dealkylation sites (N-methyl/N-ethyl adjacent to an activating group) is 1.